The average Bonchev–Trinajstić information content (AvgIpc) is 2.30. The molecule has 6 nitrogen and oxygen atoms in total. The molecule has 0 aromatic heterocycles. The molecule has 0 aliphatic rings. The van der Waals surface area contributed by atoms with Crippen LogP contribution in [0.1, 0.15) is 13.3 Å². The fraction of sp³-hybridized carbons (Fsp3) is 0.182. The molecule has 0 heterocycles. The van der Waals surface area contributed by atoms with Crippen LogP contribution >= 0.6 is 11.6 Å². The molecule has 19 heavy (non-hydrogen) atoms. The van der Waals surface area contributed by atoms with Crippen molar-refractivity contribution in [3.8, 4) is 0 Å². The Balaban J connectivity index is 2.93. The van der Waals surface area contributed by atoms with Gasteiger partial charge in [-0.1, -0.05) is 11.6 Å². The van der Waals surface area contributed by atoms with Gasteiger partial charge < -0.3 is 5.32 Å². The van der Waals surface area contributed by atoms with Crippen LogP contribution in [-0.4, -0.2) is 24.8 Å². The third-order valence-electron chi connectivity index (χ3n) is 2.11. The number of nitrogens with one attached hydrogen (secondary N) is 1. The highest BCUT2D eigenvalue weighted by atomic mass is 35.5. The third kappa shape index (κ3) is 4.50. The van der Waals surface area contributed by atoms with Crippen LogP contribution in [0.3, 0.4) is 0 Å². The van der Waals surface area contributed by atoms with Crippen LogP contribution < -0.4 is 5.32 Å². The van der Waals surface area contributed by atoms with Crippen LogP contribution in [0.5, 0.6) is 0 Å². The lowest BCUT2D eigenvalue weighted by atomic mass is 10.2. The lowest BCUT2D eigenvalue weighted by Gasteiger charge is -2.07. The summed E-state index contributed by atoms with van der Waals surface area (Å²) in [6.45, 7) is 1.45. The van der Waals surface area contributed by atoms with E-state index in [1.165, 1.54) is 13.0 Å². The summed E-state index contributed by atoms with van der Waals surface area (Å²) in [5.41, 5.74) is 0.404. The van der Waals surface area contributed by atoms with Crippen molar-refractivity contribution in [2.45, 2.75) is 18.2 Å². The van der Waals surface area contributed by atoms with Gasteiger partial charge in [-0.15, -0.1) is 0 Å². The lowest BCUT2D eigenvalue weighted by molar-refractivity contribution is -0.115. The molecule has 1 amide bonds. The molecular weight excluding hydrogens is 294 g/mol. The van der Waals surface area contributed by atoms with E-state index in [1.54, 1.807) is 5.94 Å². The smallest absolute Gasteiger partial charge is 0.294 e. The maximum absolute atomic E-state index is 11.5. The molecule has 102 valence electrons. The van der Waals surface area contributed by atoms with Gasteiger partial charge in [-0.3, -0.25) is 9.35 Å². The minimum absolute atomic E-state index is 0.0452. The van der Waals surface area contributed by atoms with Crippen LogP contribution in [-0.2, 0) is 19.7 Å². The predicted molar refractivity (Wildman–Crippen MR) is 69.4 cm³/mol. The average molecular weight is 304 g/mol. The van der Waals surface area contributed by atoms with Crippen LogP contribution in [0.15, 0.2) is 28.7 Å². The van der Waals surface area contributed by atoms with Gasteiger partial charge >= 0.3 is 0 Å². The van der Waals surface area contributed by atoms with E-state index >= 15 is 0 Å². The molecule has 1 rings (SSSR count). The number of halogens is 1. The van der Waals surface area contributed by atoms with Gasteiger partial charge in [0.1, 0.15) is 5.94 Å². The van der Waals surface area contributed by atoms with Gasteiger partial charge in [0.05, 0.1) is 22.0 Å². The number of benzene rings is 1. The molecule has 0 spiro atoms. The van der Waals surface area contributed by atoms with Crippen LogP contribution in [0.2, 0.25) is 5.02 Å². The van der Waals surface area contributed by atoms with Crippen molar-refractivity contribution in [3.05, 3.63) is 28.8 Å². The highest BCUT2D eigenvalue weighted by molar-refractivity contribution is 7.85. The Morgan fingerprint density at radius 3 is 2.58 bits per heavy atom. The standard InChI is InChI=1S/C11H10ClNO5S/c1-7(6-14)4-11(15)13-10-3-2-8(5-9(10)12)19(16,17)18/h2-3,5H,4H2,1H3,(H,13,15)(H,16,17,18). The molecular formula is C11H10ClNO5S. The van der Waals surface area contributed by atoms with Crippen molar-refractivity contribution in [2.75, 3.05) is 5.32 Å². The Bertz CT molecular complexity index is 662. The molecule has 0 radical (unpaired) electrons. The normalized spacial score (nSPS) is 10.7. The third-order valence-corrected chi connectivity index (χ3v) is 3.27. The number of rotatable bonds is 4. The van der Waals surface area contributed by atoms with Gasteiger partial charge in [0.25, 0.3) is 10.1 Å². The second-order valence-corrected chi connectivity index (χ2v) is 5.55. The number of carbonyl (C=O) groups excluding carboxylic acids is 2. The van der Waals surface area contributed by atoms with Crippen molar-refractivity contribution in [3.63, 3.8) is 0 Å². The Morgan fingerprint density at radius 2 is 2.11 bits per heavy atom. The topological polar surface area (TPSA) is 101 Å². The molecule has 1 aromatic carbocycles. The first kappa shape index (κ1) is 15.4. The fourth-order valence-electron chi connectivity index (χ4n) is 1.23. The molecule has 0 unspecified atom stereocenters. The first-order valence-corrected chi connectivity index (χ1v) is 6.83. The molecule has 0 bridgehead atoms. The summed E-state index contributed by atoms with van der Waals surface area (Å²) in [6.07, 6.45) is -0.139. The van der Waals surface area contributed by atoms with Crippen LogP contribution in [0, 0.1) is 0 Å². The molecule has 0 aliphatic carbocycles. The first-order chi connectivity index (χ1) is 8.74. The minimum atomic E-state index is -4.35. The lowest BCUT2D eigenvalue weighted by Crippen LogP contribution is -2.12. The van der Waals surface area contributed by atoms with Gasteiger partial charge in [0.2, 0.25) is 5.91 Å². The van der Waals surface area contributed by atoms with Crippen molar-refractivity contribution in [1.82, 2.24) is 0 Å². The summed E-state index contributed by atoms with van der Waals surface area (Å²) < 4.78 is 30.5. The largest absolute Gasteiger partial charge is 0.324 e. The highest BCUT2D eigenvalue weighted by Crippen LogP contribution is 2.25. The summed E-state index contributed by atoms with van der Waals surface area (Å²) in [5.74, 6) is 1.10. The number of amides is 1. The summed E-state index contributed by atoms with van der Waals surface area (Å²) in [5, 5.41) is 2.36. The molecule has 2 N–H and O–H groups in total. The quantitative estimate of drug-likeness (QED) is 0.651. The van der Waals surface area contributed by atoms with E-state index in [9.17, 15) is 18.0 Å². The van der Waals surface area contributed by atoms with Crippen LogP contribution in [0.25, 0.3) is 0 Å². The maximum atomic E-state index is 11.5. The van der Waals surface area contributed by atoms with Crippen molar-refractivity contribution >= 4 is 39.3 Å². The Hall–Kier alpha value is -1.66. The molecule has 0 aliphatic heterocycles. The first-order valence-electron chi connectivity index (χ1n) is 5.01. The van der Waals surface area contributed by atoms with E-state index in [1.807, 2.05) is 0 Å². The van der Waals surface area contributed by atoms with Gasteiger partial charge in [0, 0.05) is 5.57 Å². The monoisotopic (exact) mass is 303 g/mol. The fourth-order valence-corrected chi connectivity index (χ4v) is 2.03. The molecule has 0 saturated heterocycles. The Kier molecular flexibility index (Phi) is 4.85. The number of carbonyl (C=O) groups is 1. The number of anilines is 1. The Labute approximate surface area is 114 Å². The van der Waals surface area contributed by atoms with Crippen LogP contribution in [0.4, 0.5) is 5.69 Å². The van der Waals surface area contributed by atoms with E-state index < -0.39 is 16.0 Å². The summed E-state index contributed by atoms with van der Waals surface area (Å²) in [4.78, 5) is 21.4. The highest BCUT2D eigenvalue weighted by Gasteiger charge is 2.13. The van der Waals surface area contributed by atoms with E-state index in [0.29, 0.717) is 0 Å². The predicted octanol–water partition coefficient (Wildman–Crippen LogP) is 1.69. The second kappa shape index (κ2) is 5.99. The molecule has 8 heteroatoms. The van der Waals surface area contributed by atoms with Gasteiger partial charge in [-0.25, -0.2) is 4.79 Å². The zero-order valence-corrected chi connectivity index (χ0v) is 11.4. The SMILES string of the molecule is CC(=C=O)CC(=O)Nc1ccc(S(=O)(=O)O)cc1Cl. The van der Waals surface area contributed by atoms with E-state index in [0.717, 1.165) is 12.1 Å². The maximum Gasteiger partial charge on any atom is 0.294 e. The van der Waals surface area contributed by atoms with E-state index in [4.69, 9.17) is 16.2 Å². The van der Waals surface area contributed by atoms with E-state index in [2.05, 4.69) is 5.32 Å². The molecule has 0 saturated carbocycles. The minimum Gasteiger partial charge on any atom is -0.324 e. The zero-order chi connectivity index (χ0) is 14.6. The van der Waals surface area contributed by atoms with Gasteiger partial charge in [-0.2, -0.15) is 8.42 Å². The molecule has 0 fully saturated rings. The Morgan fingerprint density at radius 1 is 1.47 bits per heavy atom. The second-order valence-electron chi connectivity index (χ2n) is 3.72. The van der Waals surface area contributed by atoms with Gasteiger partial charge in [0.15, 0.2) is 0 Å². The van der Waals surface area contributed by atoms with Crippen molar-refractivity contribution in [2.24, 2.45) is 0 Å². The van der Waals surface area contributed by atoms with E-state index in [-0.39, 0.29) is 27.6 Å². The molecule has 0 atom stereocenters. The zero-order valence-electron chi connectivity index (χ0n) is 9.81. The summed E-state index contributed by atoms with van der Waals surface area (Å²) in [7, 11) is -4.35. The van der Waals surface area contributed by atoms with Crippen molar-refractivity contribution in [1.29, 1.82) is 0 Å². The number of hydrogen-bond donors (Lipinski definition) is 2. The van der Waals surface area contributed by atoms with Crippen molar-refractivity contribution < 1.29 is 22.6 Å². The summed E-state index contributed by atoms with van der Waals surface area (Å²) >= 11 is 5.78. The summed E-state index contributed by atoms with van der Waals surface area (Å²) in [6, 6.07) is 3.34. The van der Waals surface area contributed by atoms with Gasteiger partial charge in [-0.05, 0) is 25.1 Å². The molecule has 1 aromatic rings. The number of hydrogen-bond acceptors (Lipinski definition) is 4.